The van der Waals surface area contributed by atoms with Gasteiger partial charge in [0.05, 0.1) is 29.6 Å². The molecule has 0 atom stereocenters. The Balaban J connectivity index is 1.58. The van der Waals surface area contributed by atoms with Crippen molar-refractivity contribution in [2.45, 2.75) is 0 Å². The number of piperazine rings is 1. The summed E-state index contributed by atoms with van der Waals surface area (Å²) in [5.41, 5.74) is 0.824. The first-order valence-electron chi connectivity index (χ1n) is 9.71. The molecule has 1 saturated heterocycles. The van der Waals surface area contributed by atoms with Crippen LogP contribution in [0.5, 0.6) is 5.75 Å². The van der Waals surface area contributed by atoms with Crippen molar-refractivity contribution < 1.29 is 13.9 Å². The number of hydrogen-bond acceptors (Lipinski definition) is 5. The van der Waals surface area contributed by atoms with Gasteiger partial charge in [-0.1, -0.05) is 23.7 Å². The Kier molecular flexibility index (Phi) is 5.90. The molecule has 0 bridgehead atoms. The molecule has 0 unspecified atom stereocenters. The first-order valence-corrected chi connectivity index (χ1v) is 10.1. The van der Waals surface area contributed by atoms with Gasteiger partial charge in [-0.05, 0) is 36.4 Å². The largest absolute Gasteiger partial charge is 0.494 e. The molecule has 9 heteroatoms. The van der Waals surface area contributed by atoms with Crippen molar-refractivity contribution in [1.82, 2.24) is 14.7 Å². The third-order valence-electron chi connectivity index (χ3n) is 5.15. The van der Waals surface area contributed by atoms with Crippen LogP contribution in [0.4, 0.5) is 10.1 Å². The molecule has 0 N–H and O–H groups in total. The molecule has 1 aliphatic rings. The fourth-order valence-corrected chi connectivity index (χ4v) is 3.77. The summed E-state index contributed by atoms with van der Waals surface area (Å²) in [6.07, 6.45) is 0. The van der Waals surface area contributed by atoms with Crippen molar-refractivity contribution in [3.05, 3.63) is 81.5 Å². The van der Waals surface area contributed by atoms with Gasteiger partial charge in [-0.25, -0.2) is 4.39 Å². The summed E-state index contributed by atoms with van der Waals surface area (Å²) in [6.45, 7) is 2.14. The zero-order valence-corrected chi connectivity index (χ0v) is 17.6. The number of nitrogens with zero attached hydrogens (tertiary/aromatic N) is 4. The molecule has 0 spiro atoms. The van der Waals surface area contributed by atoms with Crippen molar-refractivity contribution in [2.75, 3.05) is 38.2 Å². The average molecular weight is 443 g/mol. The van der Waals surface area contributed by atoms with Gasteiger partial charge in [-0.15, -0.1) is 0 Å². The first-order chi connectivity index (χ1) is 15.0. The van der Waals surface area contributed by atoms with Crippen LogP contribution in [0, 0.1) is 5.82 Å². The number of aromatic nitrogens is 2. The summed E-state index contributed by atoms with van der Waals surface area (Å²) in [5.74, 6) is -0.675. The summed E-state index contributed by atoms with van der Waals surface area (Å²) in [5, 5.41) is 4.90. The SMILES string of the molecule is COc1cc(=O)n(-c2ccc(F)cc2)nc1C(=O)N1CCN(c2ccccc2Cl)CC1. The molecule has 2 aromatic carbocycles. The minimum Gasteiger partial charge on any atom is -0.494 e. The van der Waals surface area contributed by atoms with Gasteiger partial charge in [0.2, 0.25) is 0 Å². The van der Waals surface area contributed by atoms with Crippen LogP contribution in [0.15, 0.2) is 59.4 Å². The molecular formula is C22H20ClFN4O3. The standard InChI is InChI=1S/C22H20ClFN4O3/c1-31-19-14-20(29)28(16-8-6-15(24)7-9-16)25-21(19)22(30)27-12-10-26(11-13-27)18-5-3-2-4-17(18)23/h2-9,14H,10-13H2,1H3. The minimum absolute atomic E-state index is 0.0256. The number of rotatable bonds is 4. The highest BCUT2D eigenvalue weighted by molar-refractivity contribution is 6.33. The van der Waals surface area contributed by atoms with Crippen LogP contribution in [0.3, 0.4) is 0 Å². The van der Waals surface area contributed by atoms with E-state index in [2.05, 4.69) is 10.00 Å². The lowest BCUT2D eigenvalue weighted by Crippen LogP contribution is -2.49. The van der Waals surface area contributed by atoms with Crippen LogP contribution in [-0.4, -0.2) is 53.9 Å². The monoisotopic (exact) mass is 442 g/mol. The van der Waals surface area contributed by atoms with Gasteiger partial charge in [0.15, 0.2) is 11.4 Å². The van der Waals surface area contributed by atoms with E-state index in [1.54, 1.807) is 4.90 Å². The third-order valence-corrected chi connectivity index (χ3v) is 5.47. The van der Waals surface area contributed by atoms with Crippen LogP contribution < -0.4 is 15.2 Å². The number of amides is 1. The number of halogens is 2. The van der Waals surface area contributed by atoms with Crippen LogP contribution in [-0.2, 0) is 0 Å². The van der Waals surface area contributed by atoms with E-state index < -0.39 is 11.4 Å². The van der Waals surface area contributed by atoms with Crippen LogP contribution in [0.1, 0.15) is 10.5 Å². The van der Waals surface area contributed by atoms with E-state index in [0.29, 0.717) is 36.9 Å². The predicted molar refractivity (Wildman–Crippen MR) is 116 cm³/mol. The van der Waals surface area contributed by atoms with Crippen molar-refractivity contribution in [1.29, 1.82) is 0 Å². The van der Waals surface area contributed by atoms with Crippen LogP contribution >= 0.6 is 11.6 Å². The second-order valence-electron chi connectivity index (χ2n) is 7.02. The van der Waals surface area contributed by atoms with Crippen molar-refractivity contribution in [2.24, 2.45) is 0 Å². The third kappa shape index (κ3) is 4.25. The van der Waals surface area contributed by atoms with E-state index in [1.165, 1.54) is 37.4 Å². The van der Waals surface area contributed by atoms with Gasteiger partial charge in [0, 0.05) is 26.2 Å². The second-order valence-corrected chi connectivity index (χ2v) is 7.43. The zero-order valence-electron chi connectivity index (χ0n) is 16.8. The number of carbonyl (C=O) groups excluding carboxylic acids is 1. The smallest absolute Gasteiger partial charge is 0.278 e. The number of para-hydroxylation sites is 1. The highest BCUT2D eigenvalue weighted by atomic mass is 35.5. The molecule has 0 radical (unpaired) electrons. The molecule has 1 amide bonds. The van der Waals surface area contributed by atoms with E-state index in [0.717, 1.165) is 10.4 Å². The van der Waals surface area contributed by atoms with Gasteiger partial charge in [-0.3, -0.25) is 9.59 Å². The number of ether oxygens (including phenoxy) is 1. The van der Waals surface area contributed by atoms with Crippen molar-refractivity contribution >= 4 is 23.2 Å². The lowest BCUT2D eigenvalue weighted by molar-refractivity contribution is 0.0734. The van der Waals surface area contributed by atoms with Gasteiger partial charge in [0.1, 0.15) is 5.82 Å². The Morgan fingerprint density at radius 1 is 1.06 bits per heavy atom. The van der Waals surface area contributed by atoms with Gasteiger partial charge in [-0.2, -0.15) is 9.78 Å². The molecule has 1 aliphatic heterocycles. The molecule has 2 heterocycles. The summed E-state index contributed by atoms with van der Waals surface area (Å²) in [7, 11) is 1.38. The number of methoxy groups -OCH3 is 1. The van der Waals surface area contributed by atoms with Crippen LogP contribution in [0.2, 0.25) is 5.02 Å². The van der Waals surface area contributed by atoms with Crippen molar-refractivity contribution in [3.63, 3.8) is 0 Å². The quantitative estimate of drug-likeness (QED) is 0.621. The topological polar surface area (TPSA) is 67.7 Å². The minimum atomic E-state index is -0.483. The van der Waals surface area contributed by atoms with E-state index in [9.17, 15) is 14.0 Å². The maximum absolute atomic E-state index is 13.3. The number of carbonyl (C=O) groups is 1. The van der Waals surface area contributed by atoms with Crippen molar-refractivity contribution in [3.8, 4) is 11.4 Å². The molecule has 1 fully saturated rings. The lowest BCUT2D eigenvalue weighted by atomic mass is 10.2. The maximum atomic E-state index is 13.3. The molecule has 0 saturated carbocycles. The van der Waals surface area contributed by atoms with Crippen LogP contribution in [0.25, 0.3) is 5.69 Å². The van der Waals surface area contributed by atoms with E-state index >= 15 is 0 Å². The number of benzene rings is 2. The molecule has 7 nitrogen and oxygen atoms in total. The maximum Gasteiger partial charge on any atom is 0.278 e. The Hall–Kier alpha value is -3.39. The van der Waals surface area contributed by atoms with E-state index in [1.807, 2.05) is 24.3 Å². The highest BCUT2D eigenvalue weighted by Crippen LogP contribution is 2.26. The molecule has 3 aromatic rings. The second kappa shape index (κ2) is 8.77. The molecule has 1 aromatic heterocycles. The Morgan fingerprint density at radius 2 is 1.74 bits per heavy atom. The van der Waals surface area contributed by atoms with E-state index in [4.69, 9.17) is 16.3 Å². The average Bonchev–Trinajstić information content (AvgIpc) is 2.79. The normalized spacial score (nSPS) is 13.9. The summed E-state index contributed by atoms with van der Waals surface area (Å²) in [6, 6.07) is 14.1. The number of hydrogen-bond donors (Lipinski definition) is 0. The predicted octanol–water partition coefficient (Wildman–Crippen LogP) is 3.00. The summed E-state index contributed by atoms with van der Waals surface area (Å²) >= 11 is 6.29. The number of anilines is 1. The van der Waals surface area contributed by atoms with Gasteiger partial charge < -0.3 is 14.5 Å². The van der Waals surface area contributed by atoms with Gasteiger partial charge in [0.25, 0.3) is 11.5 Å². The summed E-state index contributed by atoms with van der Waals surface area (Å²) < 4.78 is 19.6. The zero-order chi connectivity index (χ0) is 22.0. The molecule has 4 rings (SSSR count). The summed E-state index contributed by atoms with van der Waals surface area (Å²) in [4.78, 5) is 29.4. The van der Waals surface area contributed by atoms with Gasteiger partial charge >= 0.3 is 0 Å². The molecule has 160 valence electrons. The highest BCUT2D eigenvalue weighted by Gasteiger charge is 2.27. The fraction of sp³-hybridized carbons (Fsp3) is 0.227. The lowest BCUT2D eigenvalue weighted by Gasteiger charge is -2.36. The Labute approximate surface area is 183 Å². The Morgan fingerprint density at radius 3 is 2.39 bits per heavy atom. The van der Waals surface area contributed by atoms with E-state index in [-0.39, 0.29) is 17.4 Å². The fourth-order valence-electron chi connectivity index (χ4n) is 3.52. The molecule has 0 aliphatic carbocycles. The first kappa shape index (κ1) is 20.9. The Bertz CT molecular complexity index is 1160. The molecule has 31 heavy (non-hydrogen) atoms. The molecular weight excluding hydrogens is 423 g/mol.